The summed E-state index contributed by atoms with van der Waals surface area (Å²) in [6.45, 7) is 3.83. The number of furan rings is 1. The maximum Gasteiger partial charge on any atom is 0.262 e. The van der Waals surface area contributed by atoms with E-state index in [-0.39, 0.29) is 11.8 Å². The number of nitrogens with zero attached hydrogens (tertiary/aromatic N) is 5. The number of hydrogen-bond acceptors (Lipinski definition) is 7. The van der Waals surface area contributed by atoms with Crippen LogP contribution in [0.15, 0.2) is 35.0 Å². The van der Waals surface area contributed by atoms with Gasteiger partial charge in [-0.05, 0) is 44.4 Å². The lowest BCUT2D eigenvalue weighted by Crippen LogP contribution is -2.35. The fourth-order valence-electron chi connectivity index (χ4n) is 3.90. The van der Waals surface area contributed by atoms with Crippen LogP contribution < -0.4 is 0 Å². The van der Waals surface area contributed by atoms with Crippen LogP contribution in [0.3, 0.4) is 0 Å². The number of aryl methyl sites for hydroxylation is 2. The molecule has 0 saturated heterocycles. The predicted molar refractivity (Wildman–Crippen MR) is 113 cm³/mol. The van der Waals surface area contributed by atoms with Gasteiger partial charge < -0.3 is 4.42 Å². The number of amides is 2. The Bertz CT molecular complexity index is 1290. The SMILES string of the molecule is CSCCC(c1nc2c3c(C)c(C)oc3ncn2n1)N1C(=O)c2ccccc2C1=O. The van der Waals surface area contributed by atoms with Crippen LogP contribution in [-0.2, 0) is 0 Å². The first kappa shape index (κ1) is 18.8. The number of hydrogen-bond donors (Lipinski definition) is 0. The minimum atomic E-state index is -0.562. The van der Waals surface area contributed by atoms with Crippen molar-refractivity contribution in [3.8, 4) is 0 Å². The zero-order chi connectivity index (χ0) is 21.0. The Morgan fingerprint density at radius 3 is 2.50 bits per heavy atom. The van der Waals surface area contributed by atoms with Crippen molar-refractivity contribution in [3.05, 3.63) is 58.9 Å². The molecule has 0 bridgehead atoms. The highest BCUT2D eigenvalue weighted by Crippen LogP contribution is 2.34. The Hall–Kier alpha value is -3.20. The minimum absolute atomic E-state index is 0.306. The molecule has 5 rings (SSSR count). The van der Waals surface area contributed by atoms with Crippen molar-refractivity contribution in [1.29, 1.82) is 0 Å². The van der Waals surface area contributed by atoms with Gasteiger partial charge in [0.15, 0.2) is 11.5 Å². The molecule has 4 aromatic rings. The van der Waals surface area contributed by atoms with Gasteiger partial charge in [0, 0.05) is 5.56 Å². The van der Waals surface area contributed by atoms with Crippen molar-refractivity contribution in [1.82, 2.24) is 24.5 Å². The van der Waals surface area contributed by atoms with E-state index >= 15 is 0 Å². The molecule has 0 radical (unpaired) electrons. The lowest BCUT2D eigenvalue weighted by atomic mass is 10.1. The highest BCUT2D eigenvalue weighted by Gasteiger charge is 2.41. The molecule has 1 atom stereocenters. The lowest BCUT2D eigenvalue weighted by Gasteiger charge is -2.23. The fourth-order valence-corrected chi connectivity index (χ4v) is 4.36. The molecule has 1 aliphatic rings. The van der Waals surface area contributed by atoms with Gasteiger partial charge in [-0.15, -0.1) is 5.10 Å². The molecule has 4 heterocycles. The number of rotatable bonds is 5. The van der Waals surface area contributed by atoms with Gasteiger partial charge in [0.1, 0.15) is 18.1 Å². The molecule has 0 aliphatic carbocycles. The van der Waals surface area contributed by atoms with Crippen molar-refractivity contribution >= 4 is 40.3 Å². The highest BCUT2D eigenvalue weighted by atomic mass is 32.2. The van der Waals surface area contributed by atoms with Gasteiger partial charge in [-0.1, -0.05) is 12.1 Å². The van der Waals surface area contributed by atoms with E-state index in [2.05, 4.69) is 10.1 Å². The maximum atomic E-state index is 13.1. The van der Waals surface area contributed by atoms with Crippen molar-refractivity contribution in [2.45, 2.75) is 26.3 Å². The molecule has 0 saturated carbocycles. The van der Waals surface area contributed by atoms with Crippen LogP contribution in [0.25, 0.3) is 16.7 Å². The van der Waals surface area contributed by atoms with Crippen LogP contribution in [0.4, 0.5) is 0 Å². The molecule has 1 unspecified atom stereocenters. The summed E-state index contributed by atoms with van der Waals surface area (Å²) in [5, 5.41) is 5.38. The molecule has 30 heavy (non-hydrogen) atoms. The van der Waals surface area contributed by atoms with E-state index in [4.69, 9.17) is 9.40 Å². The molecule has 0 spiro atoms. The Morgan fingerprint density at radius 1 is 1.13 bits per heavy atom. The van der Waals surface area contributed by atoms with Gasteiger partial charge in [-0.2, -0.15) is 11.8 Å². The molecular formula is C21H19N5O3S. The zero-order valence-electron chi connectivity index (χ0n) is 16.7. The summed E-state index contributed by atoms with van der Waals surface area (Å²) in [7, 11) is 0. The Balaban J connectivity index is 1.65. The van der Waals surface area contributed by atoms with Crippen molar-refractivity contribution in [2.75, 3.05) is 12.0 Å². The molecular weight excluding hydrogens is 402 g/mol. The molecule has 3 aromatic heterocycles. The third-order valence-electron chi connectivity index (χ3n) is 5.55. The molecule has 1 aromatic carbocycles. The molecule has 0 N–H and O–H groups in total. The van der Waals surface area contributed by atoms with Crippen LogP contribution in [0.2, 0.25) is 0 Å². The van der Waals surface area contributed by atoms with E-state index in [9.17, 15) is 9.59 Å². The van der Waals surface area contributed by atoms with E-state index in [0.717, 1.165) is 22.5 Å². The van der Waals surface area contributed by atoms with Gasteiger partial charge in [-0.25, -0.2) is 14.5 Å². The first-order valence-corrected chi connectivity index (χ1v) is 11.0. The summed E-state index contributed by atoms with van der Waals surface area (Å²) in [6, 6.07) is 6.33. The quantitative estimate of drug-likeness (QED) is 0.455. The largest absolute Gasteiger partial charge is 0.443 e. The Kier molecular flexibility index (Phi) is 4.35. The van der Waals surface area contributed by atoms with Crippen LogP contribution in [0.5, 0.6) is 0 Å². The van der Waals surface area contributed by atoms with Gasteiger partial charge in [0.2, 0.25) is 5.71 Å². The fraction of sp³-hybridized carbons (Fsp3) is 0.286. The molecule has 1 aliphatic heterocycles. The number of aromatic nitrogens is 4. The summed E-state index contributed by atoms with van der Waals surface area (Å²) in [5.74, 6) is 1.34. The summed E-state index contributed by atoms with van der Waals surface area (Å²) >= 11 is 1.65. The Morgan fingerprint density at radius 2 is 1.83 bits per heavy atom. The average molecular weight is 421 g/mol. The maximum absolute atomic E-state index is 13.1. The summed E-state index contributed by atoms with van der Waals surface area (Å²) in [4.78, 5) is 36.5. The second-order valence-electron chi connectivity index (χ2n) is 7.27. The second kappa shape index (κ2) is 6.94. The molecule has 152 valence electrons. The predicted octanol–water partition coefficient (Wildman–Crippen LogP) is 3.58. The highest BCUT2D eigenvalue weighted by molar-refractivity contribution is 7.98. The van der Waals surface area contributed by atoms with Crippen LogP contribution >= 0.6 is 11.8 Å². The summed E-state index contributed by atoms with van der Waals surface area (Å²) in [6.07, 6.45) is 4.09. The molecule has 9 heteroatoms. The minimum Gasteiger partial charge on any atom is -0.443 e. The third-order valence-corrected chi connectivity index (χ3v) is 6.20. The summed E-state index contributed by atoms with van der Waals surface area (Å²) in [5.41, 5.74) is 2.90. The number of imide groups is 1. The normalized spacial score (nSPS) is 14.8. The summed E-state index contributed by atoms with van der Waals surface area (Å²) < 4.78 is 7.29. The first-order valence-electron chi connectivity index (χ1n) is 9.58. The number of benzene rings is 1. The van der Waals surface area contributed by atoms with Crippen LogP contribution in [0, 0.1) is 13.8 Å². The van der Waals surface area contributed by atoms with Gasteiger partial charge in [0.25, 0.3) is 11.8 Å². The van der Waals surface area contributed by atoms with Gasteiger partial charge >= 0.3 is 0 Å². The lowest BCUT2D eigenvalue weighted by molar-refractivity contribution is 0.0571. The number of carbonyl (C=O) groups excluding carboxylic acids is 2. The topological polar surface area (TPSA) is 93.6 Å². The second-order valence-corrected chi connectivity index (χ2v) is 8.25. The van der Waals surface area contributed by atoms with E-state index in [1.54, 1.807) is 46.9 Å². The standard InChI is InChI=1S/C21H19N5O3S/c1-11-12(2)29-19-16(11)18-23-17(24-25(18)10-22-19)15(8-9-30-3)26-20(27)13-6-4-5-7-14(13)21(26)28/h4-7,10,15H,8-9H2,1-3H3. The van der Waals surface area contributed by atoms with Crippen molar-refractivity contribution in [3.63, 3.8) is 0 Å². The van der Waals surface area contributed by atoms with Crippen molar-refractivity contribution in [2.24, 2.45) is 0 Å². The van der Waals surface area contributed by atoms with Crippen molar-refractivity contribution < 1.29 is 14.0 Å². The number of carbonyl (C=O) groups is 2. The van der Waals surface area contributed by atoms with E-state index in [0.29, 0.717) is 34.7 Å². The van der Waals surface area contributed by atoms with Crippen LogP contribution in [-0.4, -0.2) is 48.3 Å². The first-order chi connectivity index (χ1) is 14.5. The molecule has 8 nitrogen and oxygen atoms in total. The smallest absolute Gasteiger partial charge is 0.262 e. The third kappa shape index (κ3) is 2.65. The van der Waals surface area contributed by atoms with Crippen LogP contribution in [0.1, 0.15) is 50.3 Å². The monoisotopic (exact) mass is 421 g/mol. The van der Waals surface area contributed by atoms with Gasteiger partial charge in [0.05, 0.1) is 16.5 Å². The van der Waals surface area contributed by atoms with E-state index < -0.39 is 6.04 Å². The Labute approximate surface area is 176 Å². The van der Waals surface area contributed by atoms with Gasteiger partial charge in [-0.3, -0.25) is 14.5 Å². The van der Waals surface area contributed by atoms with E-state index in [1.165, 1.54) is 4.90 Å². The zero-order valence-corrected chi connectivity index (χ0v) is 17.6. The molecule has 2 amide bonds. The molecule has 0 fully saturated rings. The number of thioether (sulfide) groups is 1. The number of fused-ring (bicyclic) bond motifs is 4. The average Bonchev–Trinajstić information content (AvgIpc) is 3.37. The van der Waals surface area contributed by atoms with E-state index in [1.807, 2.05) is 20.1 Å².